The van der Waals surface area contributed by atoms with Crippen LogP contribution in [0.1, 0.15) is 43.0 Å². The van der Waals surface area contributed by atoms with Crippen molar-refractivity contribution in [3.63, 3.8) is 0 Å². The van der Waals surface area contributed by atoms with E-state index in [1.807, 2.05) is 13.1 Å². The topological polar surface area (TPSA) is 36.4 Å². The zero-order valence-electron chi connectivity index (χ0n) is 10.6. The number of aliphatic hydroxyl groups is 1. The molecule has 16 heavy (non-hydrogen) atoms. The lowest BCUT2D eigenvalue weighted by molar-refractivity contribution is 0.163. The molecule has 0 aliphatic carbocycles. The van der Waals surface area contributed by atoms with E-state index < -0.39 is 0 Å². The predicted molar refractivity (Wildman–Crippen MR) is 68.8 cm³/mol. The van der Waals surface area contributed by atoms with Crippen molar-refractivity contribution in [3.05, 3.63) is 16.1 Å². The van der Waals surface area contributed by atoms with Crippen LogP contribution in [0.5, 0.6) is 0 Å². The highest BCUT2D eigenvalue weighted by molar-refractivity contribution is 7.11. The minimum absolute atomic E-state index is 0.213. The lowest BCUT2D eigenvalue weighted by atomic mass is 10.2. The van der Waals surface area contributed by atoms with Gasteiger partial charge < -0.3 is 10.0 Å². The van der Waals surface area contributed by atoms with E-state index in [4.69, 9.17) is 0 Å². The first kappa shape index (κ1) is 13.6. The summed E-state index contributed by atoms with van der Waals surface area (Å²) in [5, 5.41) is 10.4. The quantitative estimate of drug-likeness (QED) is 0.832. The molecule has 0 aliphatic rings. The Morgan fingerprint density at radius 1 is 1.44 bits per heavy atom. The van der Waals surface area contributed by atoms with E-state index in [2.05, 4.69) is 30.8 Å². The van der Waals surface area contributed by atoms with E-state index in [0.717, 1.165) is 19.5 Å². The number of aliphatic hydroxyl groups excluding tert-OH is 1. The maximum atomic E-state index is 9.21. The minimum atomic E-state index is -0.213. The zero-order valence-corrected chi connectivity index (χ0v) is 11.4. The predicted octanol–water partition coefficient (Wildman–Crippen LogP) is 2.47. The molecule has 4 heteroatoms. The third-order valence-corrected chi connectivity index (χ3v) is 3.70. The van der Waals surface area contributed by atoms with Gasteiger partial charge in [0.25, 0.3) is 0 Å². The van der Waals surface area contributed by atoms with Gasteiger partial charge in [-0.05, 0) is 20.4 Å². The minimum Gasteiger partial charge on any atom is -0.393 e. The Morgan fingerprint density at radius 3 is 2.62 bits per heavy atom. The summed E-state index contributed by atoms with van der Waals surface area (Å²) >= 11 is 1.79. The Labute approximate surface area is 102 Å². The molecule has 0 amide bonds. The number of hydrogen-bond donors (Lipinski definition) is 1. The molecule has 0 aliphatic heterocycles. The van der Waals surface area contributed by atoms with E-state index in [9.17, 15) is 5.11 Å². The molecule has 1 rings (SSSR count). The highest BCUT2D eigenvalue weighted by atomic mass is 32.1. The fourth-order valence-electron chi connectivity index (χ4n) is 1.41. The second kappa shape index (κ2) is 6.33. The van der Waals surface area contributed by atoms with Crippen LogP contribution < -0.4 is 0 Å². The maximum absolute atomic E-state index is 9.21. The Kier molecular flexibility index (Phi) is 5.38. The Hall–Kier alpha value is -0.450. The van der Waals surface area contributed by atoms with Gasteiger partial charge in [0.05, 0.1) is 11.1 Å². The van der Waals surface area contributed by atoms with Crippen molar-refractivity contribution in [1.29, 1.82) is 0 Å². The van der Waals surface area contributed by atoms with Crippen LogP contribution in [-0.4, -0.2) is 34.7 Å². The van der Waals surface area contributed by atoms with Crippen LogP contribution in [0.2, 0.25) is 0 Å². The van der Waals surface area contributed by atoms with Gasteiger partial charge in [-0.1, -0.05) is 13.8 Å². The summed E-state index contributed by atoms with van der Waals surface area (Å²) in [5.74, 6) is 0.515. The van der Waals surface area contributed by atoms with E-state index >= 15 is 0 Å². The van der Waals surface area contributed by atoms with Crippen molar-refractivity contribution in [3.8, 4) is 0 Å². The second-order valence-corrected chi connectivity index (χ2v) is 5.84. The summed E-state index contributed by atoms with van der Waals surface area (Å²) in [5.41, 5.74) is 0. The molecule has 0 saturated carbocycles. The lowest BCUT2D eigenvalue weighted by Gasteiger charge is -2.16. The molecule has 0 aromatic carbocycles. The van der Waals surface area contributed by atoms with Crippen LogP contribution in [-0.2, 0) is 6.54 Å². The van der Waals surface area contributed by atoms with Gasteiger partial charge in [-0.2, -0.15) is 0 Å². The molecule has 92 valence electrons. The molecule has 1 atom stereocenters. The molecular formula is C12H22N2OS. The van der Waals surface area contributed by atoms with Crippen molar-refractivity contribution < 1.29 is 5.11 Å². The molecule has 0 saturated heterocycles. The van der Waals surface area contributed by atoms with Crippen LogP contribution in [0.4, 0.5) is 0 Å². The average Bonchev–Trinajstić information content (AvgIpc) is 2.63. The van der Waals surface area contributed by atoms with Crippen molar-refractivity contribution in [2.75, 3.05) is 13.6 Å². The largest absolute Gasteiger partial charge is 0.393 e. The second-order valence-electron chi connectivity index (χ2n) is 4.69. The highest BCUT2D eigenvalue weighted by Crippen LogP contribution is 2.21. The molecule has 0 radical (unpaired) electrons. The van der Waals surface area contributed by atoms with E-state index in [1.54, 1.807) is 11.3 Å². The van der Waals surface area contributed by atoms with Crippen molar-refractivity contribution in [2.45, 2.75) is 45.8 Å². The van der Waals surface area contributed by atoms with Crippen molar-refractivity contribution >= 4 is 11.3 Å². The molecule has 3 nitrogen and oxygen atoms in total. The molecule has 1 N–H and O–H groups in total. The molecule has 0 fully saturated rings. The van der Waals surface area contributed by atoms with E-state index in [-0.39, 0.29) is 6.10 Å². The SMILES string of the molecule is CC(O)CCN(C)Cc1cnc(C(C)C)s1. The number of nitrogens with zero attached hydrogens (tertiary/aromatic N) is 2. The number of rotatable bonds is 6. The molecule has 0 bridgehead atoms. The number of thiazole rings is 1. The standard InChI is InChI=1S/C12H22N2OS/c1-9(2)12-13-7-11(16-12)8-14(4)6-5-10(3)15/h7,9-10,15H,5-6,8H2,1-4H3. The Balaban J connectivity index is 2.40. The molecule has 1 aromatic heterocycles. The Bertz CT molecular complexity index is 310. The van der Waals surface area contributed by atoms with Gasteiger partial charge in [0.15, 0.2) is 0 Å². The summed E-state index contributed by atoms with van der Waals surface area (Å²) in [6.07, 6.45) is 2.58. The highest BCUT2D eigenvalue weighted by Gasteiger charge is 2.08. The van der Waals surface area contributed by atoms with Crippen LogP contribution in [0.15, 0.2) is 6.20 Å². The van der Waals surface area contributed by atoms with Gasteiger partial charge in [-0.3, -0.25) is 0 Å². The lowest BCUT2D eigenvalue weighted by Crippen LogP contribution is -2.21. The van der Waals surface area contributed by atoms with Crippen LogP contribution in [0.25, 0.3) is 0 Å². The number of aromatic nitrogens is 1. The molecule has 1 unspecified atom stereocenters. The fourth-order valence-corrected chi connectivity index (χ4v) is 2.42. The molecule has 1 aromatic rings. The zero-order chi connectivity index (χ0) is 12.1. The molecule has 1 heterocycles. The van der Waals surface area contributed by atoms with Crippen LogP contribution in [0.3, 0.4) is 0 Å². The van der Waals surface area contributed by atoms with Crippen LogP contribution in [0, 0.1) is 0 Å². The molecule has 0 spiro atoms. The first-order valence-electron chi connectivity index (χ1n) is 5.80. The van der Waals surface area contributed by atoms with Gasteiger partial charge in [0, 0.05) is 30.1 Å². The van der Waals surface area contributed by atoms with E-state index in [1.165, 1.54) is 9.88 Å². The van der Waals surface area contributed by atoms with Crippen molar-refractivity contribution in [2.24, 2.45) is 0 Å². The number of hydrogen-bond acceptors (Lipinski definition) is 4. The van der Waals surface area contributed by atoms with Gasteiger partial charge in [0.2, 0.25) is 0 Å². The smallest absolute Gasteiger partial charge is 0.0953 e. The third-order valence-electron chi connectivity index (χ3n) is 2.42. The Morgan fingerprint density at radius 2 is 2.12 bits per heavy atom. The van der Waals surface area contributed by atoms with Gasteiger partial charge in [-0.25, -0.2) is 4.98 Å². The van der Waals surface area contributed by atoms with Gasteiger partial charge in [0.1, 0.15) is 0 Å². The van der Waals surface area contributed by atoms with Crippen LogP contribution >= 0.6 is 11.3 Å². The van der Waals surface area contributed by atoms with E-state index in [0.29, 0.717) is 5.92 Å². The normalized spacial score (nSPS) is 13.7. The summed E-state index contributed by atoms with van der Waals surface area (Å²) in [6, 6.07) is 0. The maximum Gasteiger partial charge on any atom is 0.0953 e. The first-order valence-corrected chi connectivity index (χ1v) is 6.62. The summed E-state index contributed by atoms with van der Waals surface area (Å²) < 4.78 is 0. The summed E-state index contributed by atoms with van der Waals surface area (Å²) in [6.45, 7) is 8.01. The summed E-state index contributed by atoms with van der Waals surface area (Å²) in [7, 11) is 2.08. The monoisotopic (exact) mass is 242 g/mol. The van der Waals surface area contributed by atoms with Crippen molar-refractivity contribution in [1.82, 2.24) is 9.88 Å². The summed E-state index contributed by atoms with van der Waals surface area (Å²) in [4.78, 5) is 7.94. The first-order chi connectivity index (χ1) is 7.49. The van der Waals surface area contributed by atoms with Gasteiger partial charge >= 0.3 is 0 Å². The third kappa shape index (κ3) is 4.60. The van der Waals surface area contributed by atoms with Gasteiger partial charge in [-0.15, -0.1) is 11.3 Å². The fraction of sp³-hybridized carbons (Fsp3) is 0.750. The molecular weight excluding hydrogens is 220 g/mol. The average molecular weight is 242 g/mol.